The molecule has 0 aromatic carbocycles. The molecule has 1 amide bonds. The highest BCUT2D eigenvalue weighted by Crippen LogP contribution is 1.98. The van der Waals surface area contributed by atoms with E-state index in [1.807, 2.05) is 27.7 Å². The molecule has 112 valence electrons. The molecule has 0 atom stereocenters. The van der Waals surface area contributed by atoms with Gasteiger partial charge in [0.1, 0.15) is 0 Å². The van der Waals surface area contributed by atoms with Crippen LogP contribution < -0.4 is 5.32 Å². The fourth-order valence-corrected chi connectivity index (χ4v) is 0.998. The van der Waals surface area contributed by atoms with Crippen molar-refractivity contribution in [2.24, 2.45) is 0 Å². The lowest BCUT2D eigenvalue weighted by molar-refractivity contribution is -0.117. The van der Waals surface area contributed by atoms with Crippen molar-refractivity contribution in [3.05, 3.63) is 73.9 Å². The first-order chi connectivity index (χ1) is 9.69. The van der Waals surface area contributed by atoms with Crippen molar-refractivity contribution in [2.75, 3.05) is 6.54 Å². The maximum atomic E-state index is 11.6. The molecule has 1 N–H and O–H groups in total. The monoisotopic (exact) mass is 275 g/mol. The van der Waals surface area contributed by atoms with Gasteiger partial charge in [0.15, 0.2) is 0 Å². The van der Waals surface area contributed by atoms with E-state index in [1.54, 1.807) is 30.4 Å². The molecule has 0 rings (SSSR count). The molecule has 0 aliphatic heterocycles. The van der Waals surface area contributed by atoms with Crippen molar-refractivity contribution >= 4 is 5.91 Å². The molecule has 0 saturated carbocycles. The van der Waals surface area contributed by atoms with Crippen LogP contribution in [-0.2, 0) is 4.79 Å². The van der Waals surface area contributed by atoms with Gasteiger partial charge >= 0.3 is 0 Å². The van der Waals surface area contributed by atoms with Crippen LogP contribution in [0.5, 0.6) is 0 Å². The van der Waals surface area contributed by atoms with Crippen molar-refractivity contribution in [3.8, 4) is 0 Å². The summed E-state index contributed by atoms with van der Waals surface area (Å²) in [6, 6.07) is 0. The quantitative estimate of drug-likeness (QED) is 0.527. The lowest BCUT2D eigenvalue weighted by Gasteiger charge is -2.05. The molecule has 0 saturated heterocycles. The van der Waals surface area contributed by atoms with Gasteiger partial charge in [-0.1, -0.05) is 90.5 Å². The van der Waals surface area contributed by atoms with Gasteiger partial charge in [0.25, 0.3) is 5.91 Å². The smallest absolute Gasteiger partial charge is 0.251 e. The van der Waals surface area contributed by atoms with E-state index in [1.165, 1.54) is 6.08 Å². The van der Waals surface area contributed by atoms with Crippen LogP contribution >= 0.6 is 0 Å². The maximum absolute atomic E-state index is 11.6. The Balaban J connectivity index is -0.000000656. The normalized spacial score (nSPS) is 9.80. The minimum absolute atomic E-state index is 0.188. The lowest BCUT2D eigenvalue weighted by Crippen LogP contribution is -2.26. The molecular weight excluding hydrogens is 246 g/mol. The Morgan fingerprint density at radius 2 is 1.40 bits per heavy atom. The largest absolute Gasteiger partial charge is 0.348 e. The Bertz CT molecular complexity index is 360. The molecular formula is C18H29NO. The van der Waals surface area contributed by atoms with E-state index in [0.717, 1.165) is 5.57 Å². The Morgan fingerprint density at radius 3 is 1.75 bits per heavy atom. The highest BCUT2D eigenvalue weighted by atomic mass is 16.1. The summed E-state index contributed by atoms with van der Waals surface area (Å²) >= 11 is 0. The number of rotatable bonds is 7. The summed E-state index contributed by atoms with van der Waals surface area (Å²) in [7, 11) is 0. The van der Waals surface area contributed by atoms with E-state index in [0.29, 0.717) is 12.1 Å². The van der Waals surface area contributed by atoms with Gasteiger partial charge in [0.05, 0.1) is 0 Å². The van der Waals surface area contributed by atoms with E-state index < -0.39 is 0 Å². The Kier molecular flexibility index (Phi) is 22.2. The standard InChI is InChI=1S/C14H17NO.2C2H6/c1-5-9-12(7-3)11-15-14(16)13(8-4)10-6-2;2*1-2/h5-10H,1-4,11H2,(H,15,16);2*1-2H3/b12-9+,13-10+;;. The molecule has 0 radical (unpaired) electrons. The lowest BCUT2D eigenvalue weighted by atomic mass is 10.2. The molecule has 0 heterocycles. The summed E-state index contributed by atoms with van der Waals surface area (Å²) in [4.78, 5) is 11.6. The van der Waals surface area contributed by atoms with Gasteiger partial charge in [-0.3, -0.25) is 4.79 Å². The molecule has 2 nitrogen and oxygen atoms in total. The molecule has 0 bridgehead atoms. The highest BCUT2D eigenvalue weighted by molar-refractivity contribution is 5.96. The molecule has 0 fully saturated rings. The van der Waals surface area contributed by atoms with E-state index in [2.05, 4.69) is 31.6 Å². The summed E-state index contributed by atoms with van der Waals surface area (Å²) in [6.07, 6.45) is 9.75. The first-order valence-corrected chi connectivity index (χ1v) is 6.87. The third kappa shape index (κ3) is 12.4. The summed E-state index contributed by atoms with van der Waals surface area (Å²) in [6.45, 7) is 22.7. The zero-order chi connectivity index (χ0) is 16.4. The van der Waals surface area contributed by atoms with Crippen LogP contribution in [0.4, 0.5) is 0 Å². The molecule has 20 heavy (non-hydrogen) atoms. The summed E-state index contributed by atoms with van der Waals surface area (Å²) in [5, 5.41) is 2.74. The van der Waals surface area contributed by atoms with Crippen molar-refractivity contribution in [1.29, 1.82) is 0 Å². The van der Waals surface area contributed by atoms with E-state index in [4.69, 9.17) is 0 Å². The first-order valence-electron chi connectivity index (χ1n) is 6.87. The van der Waals surface area contributed by atoms with Gasteiger partial charge in [-0.15, -0.1) is 0 Å². The SMILES string of the molecule is C=C/C=C(\C=C)CNC(=O)/C(C=C)=C/C=C.CC.CC. The van der Waals surface area contributed by atoms with Crippen LogP contribution in [0.15, 0.2) is 73.9 Å². The number of nitrogens with one attached hydrogen (secondary N) is 1. The molecule has 2 heteroatoms. The Hall–Kier alpha value is -2.09. The first kappa shape index (κ1) is 23.0. The fraction of sp³-hybridized carbons (Fsp3) is 0.278. The second-order valence-corrected chi connectivity index (χ2v) is 2.93. The molecule has 0 spiro atoms. The molecule has 0 aliphatic carbocycles. The van der Waals surface area contributed by atoms with Crippen LogP contribution in [0.2, 0.25) is 0 Å². The van der Waals surface area contributed by atoms with Crippen LogP contribution in [0.3, 0.4) is 0 Å². The maximum Gasteiger partial charge on any atom is 0.251 e. The zero-order valence-electron chi connectivity index (χ0n) is 13.4. The summed E-state index contributed by atoms with van der Waals surface area (Å²) in [5.74, 6) is -0.188. The van der Waals surface area contributed by atoms with E-state index >= 15 is 0 Å². The zero-order valence-corrected chi connectivity index (χ0v) is 13.4. The number of carbonyl (C=O) groups is 1. The van der Waals surface area contributed by atoms with Gasteiger partial charge < -0.3 is 5.32 Å². The van der Waals surface area contributed by atoms with E-state index in [9.17, 15) is 4.79 Å². The topological polar surface area (TPSA) is 29.1 Å². The van der Waals surface area contributed by atoms with Crippen molar-refractivity contribution in [2.45, 2.75) is 27.7 Å². The van der Waals surface area contributed by atoms with Crippen LogP contribution in [-0.4, -0.2) is 12.5 Å². The van der Waals surface area contributed by atoms with Crippen LogP contribution in [0.1, 0.15) is 27.7 Å². The van der Waals surface area contributed by atoms with Gasteiger partial charge in [-0.2, -0.15) is 0 Å². The van der Waals surface area contributed by atoms with Gasteiger partial charge in [-0.25, -0.2) is 0 Å². The minimum Gasteiger partial charge on any atom is -0.348 e. The molecule has 0 aromatic heterocycles. The third-order valence-corrected chi connectivity index (χ3v) is 1.83. The second-order valence-electron chi connectivity index (χ2n) is 2.93. The van der Waals surface area contributed by atoms with Crippen molar-refractivity contribution in [1.82, 2.24) is 5.32 Å². The van der Waals surface area contributed by atoms with Gasteiger partial charge in [0.2, 0.25) is 0 Å². The number of hydrogen-bond donors (Lipinski definition) is 1. The second kappa shape index (κ2) is 19.3. The van der Waals surface area contributed by atoms with Crippen molar-refractivity contribution in [3.63, 3.8) is 0 Å². The van der Waals surface area contributed by atoms with E-state index in [-0.39, 0.29) is 5.91 Å². The van der Waals surface area contributed by atoms with Crippen molar-refractivity contribution < 1.29 is 4.79 Å². The number of allylic oxidation sites excluding steroid dienone is 4. The van der Waals surface area contributed by atoms with Gasteiger partial charge in [-0.05, 0) is 5.57 Å². The predicted molar refractivity (Wildman–Crippen MR) is 92.7 cm³/mol. The van der Waals surface area contributed by atoms with Crippen LogP contribution in [0.25, 0.3) is 0 Å². The number of carbonyl (C=O) groups excluding carboxylic acids is 1. The summed E-state index contributed by atoms with van der Waals surface area (Å²) < 4.78 is 0. The highest BCUT2D eigenvalue weighted by Gasteiger charge is 2.03. The molecule has 0 aliphatic rings. The molecule has 0 unspecified atom stereocenters. The Morgan fingerprint density at radius 1 is 0.900 bits per heavy atom. The number of amides is 1. The van der Waals surface area contributed by atoms with Crippen LogP contribution in [0, 0.1) is 0 Å². The number of hydrogen-bond acceptors (Lipinski definition) is 1. The minimum atomic E-state index is -0.188. The fourth-order valence-electron chi connectivity index (χ4n) is 0.998. The average Bonchev–Trinajstić information content (AvgIpc) is 2.52. The molecule has 0 aromatic rings. The predicted octanol–water partition coefficient (Wildman–Crippen LogP) is 4.75. The summed E-state index contributed by atoms with van der Waals surface area (Å²) in [5.41, 5.74) is 1.38. The van der Waals surface area contributed by atoms with Gasteiger partial charge in [0, 0.05) is 12.1 Å². The third-order valence-electron chi connectivity index (χ3n) is 1.83. The Labute approximate surface area is 125 Å². The average molecular weight is 275 g/mol.